The van der Waals surface area contributed by atoms with Crippen LogP contribution in [0.3, 0.4) is 0 Å². The van der Waals surface area contributed by atoms with Gasteiger partial charge < -0.3 is 15.3 Å². The van der Waals surface area contributed by atoms with Crippen LogP contribution in [0.25, 0.3) is 11.4 Å². The predicted octanol–water partition coefficient (Wildman–Crippen LogP) is 3.49. The van der Waals surface area contributed by atoms with E-state index in [1.54, 1.807) is 13.2 Å². The lowest BCUT2D eigenvalue weighted by atomic mass is 10.2. The van der Waals surface area contributed by atoms with E-state index in [2.05, 4.69) is 10.2 Å². The van der Waals surface area contributed by atoms with Gasteiger partial charge >= 0.3 is 0 Å². The van der Waals surface area contributed by atoms with Crippen molar-refractivity contribution in [1.82, 2.24) is 14.9 Å². The summed E-state index contributed by atoms with van der Waals surface area (Å²) in [6, 6.07) is 14.9. The number of ether oxygens (including phenoxy) is 2. The van der Waals surface area contributed by atoms with Crippen LogP contribution in [-0.4, -0.2) is 34.3 Å². The van der Waals surface area contributed by atoms with Crippen molar-refractivity contribution in [1.29, 1.82) is 0 Å². The van der Waals surface area contributed by atoms with Crippen molar-refractivity contribution in [3.05, 3.63) is 53.6 Å². The molecular weight excluding hydrogens is 360 g/mol. The van der Waals surface area contributed by atoms with Crippen LogP contribution in [0.1, 0.15) is 0 Å². The Bertz CT molecular complexity index is 856. The van der Waals surface area contributed by atoms with E-state index in [4.69, 9.17) is 26.9 Å². The van der Waals surface area contributed by atoms with Crippen LogP contribution in [0.5, 0.6) is 11.5 Å². The molecule has 1 aromatic heterocycles. The Balaban J connectivity index is 1.63. The molecule has 0 saturated heterocycles. The number of aromatic nitrogens is 3. The second kappa shape index (κ2) is 8.13. The van der Waals surface area contributed by atoms with E-state index in [9.17, 15) is 0 Å². The molecule has 130 valence electrons. The van der Waals surface area contributed by atoms with Gasteiger partial charge in [-0.2, -0.15) is 0 Å². The fourth-order valence-electron chi connectivity index (χ4n) is 2.23. The van der Waals surface area contributed by atoms with Gasteiger partial charge in [-0.05, 0) is 24.3 Å². The van der Waals surface area contributed by atoms with Gasteiger partial charge in [0.2, 0.25) is 5.16 Å². The van der Waals surface area contributed by atoms with E-state index >= 15 is 0 Å². The number of benzene rings is 2. The average molecular weight is 377 g/mol. The fraction of sp³-hybridized carbons (Fsp3) is 0.176. The average Bonchev–Trinajstić information content (AvgIpc) is 3.00. The molecule has 0 amide bonds. The lowest BCUT2D eigenvalue weighted by molar-refractivity contribution is 0.344. The number of nitrogens with zero attached hydrogens (tertiary/aromatic N) is 3. The number of para-hydroxylation sites is 2. The lowest BCUT2D eigenvalue weighted by Gasteiger charge is -2.08. The summed E-state index contributed by atoms with van der Waals surface area (Å²) in [5.74, 6) is 8.69. The number of methoxy groups -OCH3 is 1. The molecule has 0 bridgehead atoms. The number of hydrogen-bond acceptors (Lipinski definition) is 6. The number of hydrogen-bond donors (Lipinski definition) is 1. The molecule has 2 N–H and O–H groups in total. The molecule has 3 aromatic rings. The third kappa shape index (κ3) is 4.00. The maximum absolute atomic E-state index is 6.13. The highest BCUT2D eigenvalue weighted by atomic mass is 35.5. The molecule has 0 radical (unpaired) electrons. The summed E-state index contributed by atoms with van der Waals surface area (Å²) < 4.78 is 12.5. The summed E-state index contributed by atoms with van der Waals surface area (Å²) >= 11 is 7.51. The first kappa shape index (κ1) is 17.4. The van der Waals surface area contributed by atoms with Gasteiger partial charge in [-0.15, -0.1) is 10.2 Å². The molecule has 0 unspecified atom stereocenters. The minimum absolute atomic E-state index is 0.477. The Labute approximate surface area is 154 Å². The van der Waals surface area contributed by atoms with Crippen LogP contribution >= 0.6 is 23.4 Å². The van der Waals surface area contributed by atoms with Crippen LogP contribution in [0.15, 0.2) is 53.7 Å². The van der Waals surface area contributed by atoms with Crippen LogP contribution in [0.4, 0.5) is 0 Å². The first-order valence-corrected chi connectivity index (χ1v) is 8.91. The van der Waals surface area contributed by atoms with Gasteiger partial charge in [0.05, 0.1) is 24.3 Å². The summed E-state index contributed by atoms with van der Waals surface area (Å²) in [6.07, 6.45) is 0. The molecule has 1 heterocycles. The smallest absolute Gasteiger partial charge is 0.210 e. The van der Waals surface area contributed by atoms with Crippen molar-refractivity contribution in [2.45, 2.75) is 5.16 Å². The van der Waals surface area contributed by atoms with Crippen molar-refractivity contribution in [3.63, 3.8) is 0 Å². The van der Waals surface area contributed by atoms with Gasteiger partial charge in [0.15, 0.2) is 5.82 Å². The van der Waals surface area contributed by atoms with E-state index < -0.39 is 0 Å². The van der Waals surface area contributed by atoms with Crippen LogP contribution in [0.2, 0.25) is 5.02 Å². The summed E-state index contributed by atoms with van der Waals surface area (Å²) in [5, 5.41) is 9.51. The summed E-state index contributed by atoms with van der Waals surface area (Å²) in [4.78, 5) is 0. The second-order valence-electron chi connectivity index (χ2n) is 5.00. The third-order valence-corrected chi connectivity index (χ3v) is 4.64. The van der Waals surface area contributed by atoms with E-state index in [0.717, 1.165) is 5.56 Å². The maximum atomic E-state index is 6.13. The third-order valence-electron chi connectivity index (χ3n) is 3.42. The molecule has 2 aromatic carbocycles. The molecule has 25 heavy (non-hydrogen) atoms. The summed E-state index contributed by atoms with van der Waals surface area (Å²) in [7, 11) is 1.61. The molecule has 0 aliphatic carbocycles. The Morgan fingerprint density at radius 2 is 1.80 bits per heavy atom. The van der Waals surface area contributed by atoms with E-state index in [-0.39, 0.29) is 0 Å². The number of rotatable bonds is 7. The van der Waals surface area contributed by atoms with E-state index in [1.165, 1.54) is 16.4 Å². The van der Waals surface area contributed by atoms with Crippen LogP contribution < -0.4 is 15.3 Å². The van der Waals surface area contributed by atoms with E-state index in [1.807, 2.05) is 42.5 Å². The predicted molar refractivity (Wildman–Crippen MR) is 99.8 cm³/mol. The zero-order valence-corrected chi connectivity index (χ0v) is 15.1. The monoisotopic (exact) mass is 376 g/mol. The zero-order valence-electron chi connectivity index (χ0n) is 13.6. The van der Waals surface area contributed by atoms with E-state index in [0.29, 0.717) is 39.9 Å². The topological polar surface area (TPSA) is 75.2 Å². The Kier molecular flexibility index (Phi) is 5.67. The molecule has 0 saturated carbocycles. The quantitative estimate of drug-likeness (QED) is 0.386. The van der Waals surface area contributed by atoms with Crippen molar-refractivity contribution < 1.29 is 9.47 Å². The molecule has 3 rings (SSSR count). The highest BCUT2D eigenvalue weighted by molar-refractivity contribution is 7.99. The van der Waals surface area contributed by atoms with Gasteiger partial charge in [0, 0.05) is 5.75 Å². The second-order valence-corrected chi connectivity index (χ2v) is 6.47. The molecule has 0 fully saturated rings. The number of halogens is 1. The van der Waals surface area contributed by atoms with Crippen LogP contribution in [0, 0.1) is 0 Å². The van der Waals surface area contributed by atoms with Crippen LogP contribution in [-0.2, 0) is 0 Å². The van der Waals surface area contributed by atoms with Gasteiger partial charge in [-0.25, -0.2) is 4.68 Å². The van der Waals surface area contributed by atoms with Gasteiger partial charge in [0.1, 0.15) is 11.5 Å². The molecular formula is C17H17ClN4O2S. The highest BCUT2D eigenvalue weighted by Gasteiger charge is 2.15. The molecule has 0 spiro atoms. The highest BCUT2D eigenvalue weighted by Crippen LogP contribution is 2.29. The van der Waals surface area contributed by atoms with Crippen molar-refractivity contribution in [2.24, 2.45) is 0 Å². The maximum Gasteiger partial charge on any atom is 0.210 e. The number of nitrogen functional groups attached to an aromatic ring is 1. The van der Waals surface area contributed by atoms with Crippen molar-refractivity contribution in [3.8, 4) is 22.9 Å². The molecule has 0 aliphatic heterocycles. The largest absolute Gasteiger partial charge is 0.496 e. The number of nitrogens with two attached hydrogens (primary N) is 1. The Morgan fingerprint density at radius 1 is 1.08 bits per heavy atom. The SMILES string of the molecule is COc1ccccc1-c1nnc(SCCOc2ccccc2Cl)n1N. The Morgan fingerprint density at radius 3 is 2.56 bits per heavy atom. The Hall–Kier alpha value is -2.38. The normalized spacial score (nSPS) is 10.6. The minimum atomic E-state index is 0.477. The molecule has 0 aliphatic rings. The number of thioether (sulfide) groups is 1. The van der Waals surface area contributed by atoms with Gasteiger partial charge in [0.25, 0.3) is 0 Å². The molecule has 0 atom stereocenters. The van der Waals surface area contributed by atoms with Crippen molar-refractivity contribution in [2.75, 3.05) is 25.3 Å². The summed E-state index contributed by atoms with van der Waals surface area (Å²) in [6.45, 7) is 0.477. The molecule has 8 heteroatoms. The first-order valence-electron chi connectivity index (χ1n) is 7.54. The first-order chi connectivity index (χ1) is 12.2. The zero-order chi connectivity index (χ0) is 17.6. The lowest BCUT2D eigenvalue weighted by Crippen LogP contribution is -2.12. The minimum Gasteiger partial charge on any atom is -0.496 e. The molecule has 6 nitrogen and oxygen atoms in total. The standard InChI is InChI=1S/C17H17ClN4O2S/c1-23-14-8-4-2-6-12(14)16-20-21-17(22(16)19)25-11-10-24-15-9-5-3-7-13(15)18/h2-9H,10-11,19H2,1H3. The van der Waals surface area contributed by atoms with Gasteiger partial charge in [-0.1, -0.05) is 47.6 Å². The fourth-order valence-corrected chi connectivity index (χ4v) is 3.10. The van der Waals surface area contributed by atoms with Gasteiger partial charge in [-0.3, -0.25) is 0 Å². The van der Waals surface area contributed by atoms with Crippen molar-refractivity contribution >= 4 is 23.4 Å². The summed E-state index contributed by atoms with van der Waals surface area (Å²) in [5.41, 5.74) is 0.791.